The van der Waals surface area contributed by atoms with E-state index in [1.165, 1.54) is 12.1 Å². The van der Waals surface area contributed by atoms with Crippen molar-refractivity contribution in [2.75, 3.05) is 0 Å². The number of nitrogens with one attached hydrogen (secondary N) is 1. The van der Waals surface area contributed by atoms with Gasteiger partial charge < -0.3 is 10.4 Å². The maximum Gasteiger partial charge on any atom is 0.320 e. The summed E-state index contributed by atoms with van der Waals surface area (Å²) in [5.74, 6) is -1.09. The molecule has 0 spiro atoms. The molecule has 0 radical (unpaired) electrons. The predicted molar refractivity (Wildman–Crippen MR) is 80.9 cm³/mol. The fourth-order valence-corrected chi connectivity index (χ4v) is 2.20. The van der Waals surface area contributed by atoms with Crippen LogP contribution in [0.3, 0.4) is 0 Å². The molecular formula is C16H20FN3O2. The van der Waals surface area contributed by atoms with E-state index in [4.69, 9.17) is 5.11 Å². The Bertz CT molecular complexity index is 610. The van der Waals surface area contributed by atoms with Gasteiger partial charge in [-0.25, -0.2) is 4.39 Å². The smallest absolute Gasteiger partial charge is 0.320 e. The molecule has 0 saturated heterocycles. The lowest BCUT2D eigenvalue weighted by Gasteiger charge is -2.12. The molecule has 1 unspecified atom stereocenters. The van der Waals surface area contributed by atoms with Crippen molar-refractivity contribution in [2.45, 2.75) is 38.9 Å². The van der Waals surface area contributed by atoms with Crippen LogP contribution in [0.1, 0.15) is 30.9 Å². The summed E-state index contributed by atoms with van der Waals surface area (Å²) < 4.78 is 14.6. The molecule has 2 N–H and O–H groups in total. The number of nitrogens with zero attached hydrogens (tertiary/aromatic N) is 2. The van der Waals surface area contributed by atoms with Crippen LogP contribution < -0.4 is 5.32 Å². The van der Waals surface area contributed by atoms with Crippen molar-refractivity contribution in [3.05, 3.63) is 53.6 Å². The van der Waals surface area contributed by atoms with E-state index >= 15 is 0 Å². The van der Waals surface area contributed by atoms with Crippen molar-refractivity contribution in [1.82, 2.24) is 15.1 Å². The molecule has 1 heterocycles. The summed E-state index contributed by atoms with van der Waals surface area (Å²) in [6, 6.07) is 5.74. The summed E-state index contributed by atoms with van der Waals surface area (Å²) in [4.78, 5) is 11.1. The zero-order valence-electron chi connectivity index (χ0n) is 12.5. The average Bonchev–Trinajstić information content (AvgIpc) is 2.93. The summed E-state index contributed by atoms with van der Waals surface area (Å²) in [6.07, 6.45) is 4.98. The predicted octanol–water partition coefficient (Wildman–Crippen LogP) is 2.41. The lowest BCUT2D eigenvalue weighted by atomic mass is 10.1. The van der Waals surface area contributed by atoms with E-state index in [0.29, 0.717) is 19.5 Å². The molecule has 0 fully saturated rings. The van der Waals surface area contributed by atoms with Crippen molar-refractivity contribution in [3.8, 4) is 0 Å². The van der Waals surface area contributed by atoms with Crippen molar-refractivity contribution < 1.29 is 14.3 Å². The molecule has 1 aromatic heterocycles. The minimum Gasteiger partial charge on any atom is -0.480 e. The van der Waals surface area contributed by atoms with E-state index in [9.17, 15) is 9.18 Å². The third kappa shape index (κ3) is 4.66. The van der Waals surface area contributed by atoms with Gasteiger partial charge in [-0.05, 0) is 24.1 Å². The first-order valence-corrected chi connectivity index (χ1v) is 7.30. The third-order valence-corrected chi connectivity index (χ3v) is 3.37. The zero-order valence-corrected chi connectivity index (χ0v) is 12.5. The van der Waals surface area contributed by atoms with E-state index in [1.807, 2.05) is 13.1 Å². The molecule has 118 valence electrons. The molecule has 1 atom stereocenters. The number of rotatable bonds is 8. The molecule has 0 bridgehead atoms. The van der Waals surface area contributed by atoms with Gasteiger partial charge in [-0.2, -0.15) is 5.10 Å². The number of hydrogen-bond donors (Lipinski definition) is 2. The Labute approximate surface area is 128 Å². The minimum atomic E-state index is -0.833. The number of aliphatic carboxylic acids is 1. The lowest BCUT2D eigenvalue weighted by molar-refractivity contribution is -0.139. The van der Waals surface area contributed by atoms with Crippen LogP contribution >= 0.6 is 0 Å². The Hall–Kier alpha value is -2.21. The van der Waals surface area contributed by atoms with Crippen LogP contribution in [0, 0.1) is 5.82 Å². The van der Waals surface area contributed by atoms with Crippen LogP contribution in [-0.2, 0) is 17.9 Å². The Morgan fingerprint density at radius 2 is 2.09 bits per heavy atom. The molecule has 2 aromatic rings. The Morgan fingerprint density at radius 3 is 2.73 bits per heavy atom. The molecule has 0 aliphatic carbocycles. The van der Waals surface area contributed by atoms with Crippen LogP contribution in [0.4, 0.5) is 4.39 Å². The van der Waals surface area contributed by atoms with Gasteiger partial charge in [0.2, 0.25) is 0 Å². The van der Waals surface area contributed by atoms with Gasteiger partial charge in [0.1, 0.15) is 11.9 Å². The van der Waals surface area contributed by atoms with Gasteiger partial charge in [0.15, 0.2) is 0 Å². The molecule has 0 aliphatic rings. The number of hydrogen-bond acceptors (Lipinski definition) is 3. The molecule has 0 amide bonds. The van der Waals surface area contributed by atoms with Crippen molar-refractivity contribution in [3.63, 3.8) is 0 Å². The Kier molecular flexibility index (Phi) is 5.66. The van der Waals surface area contributed by atoms with Gasteiger partial charge >= 0.3 is 5.97 Å². The fourth-order valence-electron chi connectivity index (χ4n) is 2.20. The van der Waals surface area contributed by atoms with Crippen molar-refractivity contribution in [1.29, 1.82) is 0 Å². The summed E-state index contributed by atoms with van der Waals surface area (Å²) in [5.41, 5.74) is 1.88. The molecule has 0 aliphatic heterocycles. The molecule has 6 heteroatoms. The van der Waals surface area contributed by atoms with Gasteiger partial charge in [0.25, 0.3) is 0 Å². The molecule has 1 aromatic carbocycles. The number of benzene rings is 1. The highest BCUT2D eigenvalue weighted by molar-refractivity contribution is 5.73. The topological polar surface area (TPSA) is 67.2 Å². The second kappa shape index (κ2) is 7.70. The van der Waals surface area contributed by atoms with E-state index in [1.54, 1.807) is 23.0 Å². The standard InChI is InChI=1S/C16H20FN3O2/c1-2-3-15(16(21)22)18-8-13-9-19-20(11-13)10-12-4-6-14(17)7-5-12/h4-7,9,11,15,18H,2-3,8,10H2,1H3,(H,21,22). The Balaban J connectivity index is 1.90. The van der Waals surface area contributed by atoms with Crippen molar-refractivity contribution in [2.24, 2.45) is 0 Å². The normalized spacial score (nSPS) is 12.3. The van der Waals surface area contributed by atoms with Gasteiger partial charge in [-0.3, -0.25) is 9.48 Å². The highest BCUT2D eigenvalue weighted by Crippen LogP contribution is 2.07. The SMILES string of the molecule is CCCC(NCc1cnn(Cc2ccc(F)cc2)c1)C(=O)O. The first kappa shape index (κ1) is 16.2. The van der Waals surface area contributed by atoms with Gasteiger partial charge in [-0.15, -0.1) is 0 Å². The zero-order chi connectivity index (χ0) is 15.9. The summed E-state index contributed by atoms with van der Waals surface area (Å²) in [7, 11) is 0. The maximum atomic E-state index is 12.9. The summed E-state index contributed by atoms with van der Waals surface area (Å²) >= 11 is 0. The third-order valence-electron chi connectivity index (χ3n) is 3.37. The van der Waals surface area contributed by atoms with E-state index < -0.39 is 12.0 Å². The minimum absolute atomic E-state index is 0.259. The number of halogens is 1. The number of carboxylic acid groups (broad SMARTS) is 1. The lowest BCUT2D eigenvalue weighted by Crippen LogP contribution is -2.35. The Morgan fingerprint density at radius 1 is 1.36 bits per heavy atom. The molecule has 22 heavy (non-hydrogen) atoms. The van der Waals surface area contributed by atoms with Crippen molar-refractivity contribution >= 4 is 5.97 Å². The van der Waals surface area contributed by atoms with Gasteiger partial charge in [0, 0.05) is 18.3 Å². The van der Waals surface area contributed by atoms with Crippen LogP contribution in [0.15, 0.2) is 36.7 Å². The number of carboxylic acids is 1. The van der Waals surface area contributed by atoms with E-state index in [0.717, 1.165) is 17.5 Å². The summed E-state index contributed by atoms with van der Waals surface area (Å²) in [5, 5.41) is 16.3. The second-order valence-corrected chi connectivity index (χ2v) is 5.23. The van der Waals surface area contributed by atoms with Crippen LogP contribution in [0.25, 0.3) is 0 Å². The molecule has 0 saturated carbocycles. The monoisotopic (exact) mass is 305 g/mol. The van der Waals surface area contributed by atoms with Crippen LogP contribution in [0.5, 0.6) is 0 Å². The van der Waals surface area contributed by atoms with Gasteiger partial charge in [-0.1, -0.05) is 25.5 Å². The highest BCUT2D eigenvalue weighted by Gasteiger charge is 2.15. The largest absolute Gasteiger partial charge is 0.480 e. The summed E-state index contributed by atoms with van der Waals surface area (Å²) in [6.45, 7) is 2.97. The van der Waals surface area contributed by atoms with Crippen LogP contribution in [-0.4, -0.2) is 26.9 Å². The second-order valence-electron chi connectivity index (χ2n) is 5.23. The highest BCUT2D eigenvalue weighted by atomic mass is 19.1. The molecule has 2 rings (SSSR count). The average molecular weight is 305 g/mol. The fraction of sp³-hybridized carbons (Fsp3) is 0.375. The van der Waals surface area contributed by atoms with E-state index in [-0.39, 0.29) is 5.82 Å². The quantitative estimate of drug-likeness (QED) is 0.786. The number of carbonyl (C=O) groups is 1. The van der Waals surface area contributed by atoms with Crippen LogP contribution in [0.2, 0.25) is 0 Å². The maximum absolute atomic E-state index is 12.9. The van der Waals surface area contributed by atoms with E-state index in [2.05, 4.69) is 10.4 Å². The first-order chi connectivity index (χ1) is 10.6. The first-order valence-electron chi connectivity index (χ1n) is 7.30. The number of aromatic nitrogens is 2. The molecule has 5 nitrogen and oxygen atoms in total. The molecular weight excluding hydrogens is 285 g/mol. The van der Waals surface area contributed by atoms with Gasteiger partial charge in [0.05, 0.1) is 12.7 Å².